The van der Waals surface area contributed by atoms with Crippen LogP contribution in [0.1, 0.15) is 43.6 Å². The van der Waals surface area contributed by atoms with E-state index in [-0.39, 0.29) is 23.3 Å². The van der Waals surface area contributed by atoms with Crippen LogP contribution in [0.2, 0.25) is 10.0 Å². The van der Waals surface area contributed by atoms with Gasteiger partial charge in [-0.1, -0.05) is 84.7 Å². The molecule has 204 valence electrons. The number of hydrogen-bond acceptors (Lipinski definition) is 4. The summed E-state index contributed by atoms with van der Waals surface area (Å²) < 4.78 is 10.3. The lowest BCUT2D eigenvalue weighted by atomic mass is 9.92. The number of aromatic nitrogens is 4. The van der Waals surface area contributed by atoms with Gasteiger partial charge in [0.2, 0.25) is 0 Å². The van der Waals surface area contributed by atoms with Crippen LogP contribution >= 0.6 is 23.2 Å². The van der Waals surface area contributed by atoms with E-state index in [4.69, 9.17) is 33.0 Å². The van der Waals surface area contributed by atoms with E-state index in [1.54, 1.807) is 28.8 Å². The number of benzene rings is 3. The molecular formula is C31H28Cl2N4O3. The van der Waals surface area contributed by atoms with Crippen molar-refractivity contribution < 1.29 is 4.74 Å². The van der Waals surface area contributed by atoms with Crippen LogP contribution in [0.5, 0.6) is 0 Å². The van der Waals surface area contributed by atoms with Gasteiger partial charge in [-0.3, -0.25) is 13.9 Å². The van der Waals surface area contributed by atoms with E-state index < -0.39 is 0 Å². The van der Waals surface area contributed by atoms with Gasteiger partial charge in [0, 0.05) is 17.5 Å². The highest BCUT2D eigenvalue weighted by molar-refractivity contribution is 6.37. The fourth-order valence-electron chi connectivity index (χ4n) is 5.31. The molecule has 9 heteroatoms. The van der Waals surface area contributed by atoms with E-state index in [0.29, 0.717) is 45.9 Å². The van der Waals surface area contributed by atoms with Gasteiger partial charge in [0.25, 0.3) is 5.56 Å². The highest BCUT2D eigenvalue weighted by Crippen LogP contribution is 2.52. The molecule has 0 aliphatic heterocycles. The molecule has 1 saturated carbocycles. The molecule has 0 bridgehead atoms. The van der Waals surface area contributed by atoms with Gasteiger partial charge in [0.15, 0.2) is 11.6 Å². The molecule has 3 aromatic carbocycles. The Bertz CT molecular complexity index is 1830. The normalized spacial score (nSPS) is 14.1. The quantitative estimate of drug-likeness (QED) is 0.214. The molecule has 0 unspecified atom stereocenters. The molecule has 2 aromatic heterocycles. The molecule has 0 radical (unpaired) electrons. The molecule has 0 spiro atoms. The summed E-state index contributed by atoms with van der Waals surface area (Å²) in [5.74, 6) is 0.827. The maximum Gasteiger partial charge on any atom is 0.352 e. The summed E-state index contributed by atoms with van der Waals surface area (Å²) in [7, 11) is 0. The number of hydrogen-bond donors (Lipinski definition) is 0. The first kappa shape index (κ1) is 26.6. The Morgan fingerprint density at radius 2 is 1.52 bits per heavy atom. The third kappa shape index (κ3) is 4.48. The fourth-order valence-corrected chi connectivity index (χ4v) is 5.88. The highest BCUT2D eigenvalue weighted by Gasteiger charge is 2.44. The maximum absolute atomic E-state index is 14.2. The van der Waals surface area contributed by atoms with E-state index in [2.05, 4.69) is 6.92 Å². The van der Waals surface area contributed by atoms with Crippen LogP contribution in [-0.2, 0) is 29.9 Å². The van der Waals surface area contributed by atoms with Crippen molar-refractivity contribution >= 4 is 34.0 Å². The number of nitrogens with zero attached hydrogens (tertiary/aromatic N) is 4. The van der Waals surface area contributed by atoms with Gasteiger partial charge in [-0.15, -0.1) is 5.10 Å². The van der Waals surface area contributed by atoms with Gasteiger partial charge >= 0.3 is 5.69 Å². The summed E-state index contributed by atoms with van der Waals surface area (Å²) in [5, 5.41) is 6.69. The smallest absolute Gasteiger partial charge is 0.352 e. The zero-order chi connectivity index (χ0) is 28.0. The van der Waals surface area contributed by atoms with Crippen molar-refractivity contribution in [1.82, 2.24) is 18.9 Å². The first-order chi connectivity index (χ1) is 19.3. The fraction of sp³-hybridized carbons (Fsp3) is 0.258. The van der Waals surface area contributed by atoms with Crippen molar-refractivity contribution in [3.8, 4) is 11.5 Å². The molecule has 7 nitrogen and oxygen atoms in total. The van der Waals surface area contributed by atoms with E-state index in [1.165, 1.54) is 9.25 Å². The zero-order valence-corrected chi connectivity index (χ0v) is 23.7. The molecule has 0 amide bonds. The van der Waals surface area contributed by atoms with Crippen molar-refractivity contribution in [2.24, 2.45) is 0 Å². The van der Waals surface area contributed by atoms with E-state index >= 15 is 0 Å². The minimum absolute atomic E-state index is 0.127. The standard InChI is InChI=1S/C31H28Cl2N4O3/c1-3-35-25(19-40-18-20-10-5-4-6-11-20)34-37(30(35)39)28-26(31(2)16-17-31)21-12-7-8-13-22(21)29(38)36(28)27-23(32)14-9-15-24(27)33/h4-15H,3,16-19H2,1-2H3. The Kier molecular flexibility index (Phi) is 6.90. The molecule has 5 aromatic rings. The van der Waals surface area contributed by atoms with Gasteiger partial charge in [0.05, 0.1) is 22.3 Å². The number of fused-ring (bicyclic) bond motifs is 1. The van der Waals surface area contributed by atoms with Crippen LogP contribution in [0.25, 0.3) is 22.3 Å². The summed E-state index contributed by atoms with van der Waals surface area (Å²) in [6.45, 7) is 4.93. The Morgan fingerprint density at radius 3 is 2.17 bits per heavy atom. The molecule has 40 heavy (non-hydrogen) atoms. The molecule has 2 heterocycles. The summed E-state index contributed by atoms with van der Waals surface area (Å²) in [4.78, 5) is 28.2. The van der Waals surface area contributed by atoms with Crippen LogP contribution in [0.4, 0.5) is 0 Å². The minimum atomic E-state index is -0.363. The molecule has 0 saturated heterocycles. The number of ether oxygens (including phenoxy) is 1. The average Bonchev–Trinajstić information content (AvgIpc) is 3.62. The van der Waals surface area contributed by atoms with Crippen LogP contribution in [0, 0.1) is 0 Å². The molecular weight excluding hydrogens is 547 g/mol. The van der Waals surface area contributed by atoms with E-state index in [9.17, 15) is 9.59 Å². The average molecular weight is 575 g/mol. The Balaban J connectivity index is 1.62. The largest absolute Gasteiger partial charge is 0.369 e. The number of rotatable bonds is 8. The molecule has 0 N–H and O–H groups in total. The van der Waals surface area contributed by atoms with Gasteiger partial charge in [-0.25, -0.2) is 4.79 Å². The number of pyridine rings is 1. The van der Waals surface area contributed by atoms with Crippen molar-refractivity contribution in [2.45, 2.75) is 51.9 Å². The first-order valence-corrected chi connectivity index (χ1v) is 14.0. The third-order valence-corrected chi connectivity index (χ3v) is 8.24. The molecule has 1 aliphatic carbocycles. The maximum atomic E-state index is 14.2. The number of para-hydroxylation sites is 1. The Hall–Kier alpha value is -3.65. The second kappa shape index (κ2) is 10.4. The lowest BCUT2D eigenvalue weighted by Gasteiger charge is -2.23. The lowest BCUT2D eigenvalue weighted by Crippen LogP contribution is -2.33. The van der Waals surface area contributed by atoms with Crippen LogP contribution in [0.3, 0.4) is 0 Å². The highest BCUT2D eigenvalue weighted by atomic mass is 35.5. The monoisotopic (exact) mass is 574 g/mol. The van der Waals surface area contributed by atoms with Crippen LogP contribution < -0.4 is 11.2 Å². The predicted octanol–water partition coefficient (Wildman–Crippen LogP) is 6.43. The summed E-state index contributed by atoms with van der Waals surface area (Å²) in [5.41, 5.74) is 1.27. The van der Waals surface area contributed by atoms with Crippen molar-refractivity contribution in [3.05, 3.63) is 121 Å². The molecule has 0 atom stereocenters. The molecule has 6 rings (SSSR count). The van der Waals surface area contributed by atoms with Gasteiger partial charge in [-0.2, -0.15) is 4.68 Å². The van der Waals surface area contributed by atoms with E-state index in [1.807, 2.05) is 55.5 Å². The number of halogens is 2. The zero-order valence-electron chi connectivity index (χ0n) is 22.2. The summed E-state index contributed by atoms with van der Waals surface area (Å²) in [6, 6.07) is 22.4. The second-order valence-corrected chi connectivity index (χ2v) is 11.2. The topological polar surface area (TPSA) is 71.0 Å². The van der Waals surface area contributed by atoms with Crippen molar-refractivity contribution in [1.29, 1.82) is 0 Å². The summed E-state index contributed by atoms with van der Waals surface area (Å²) in [6.07, 6.45) is 1.82. The minimum Gasteiger partial charge on any atom is -0.369 e. The SMILES string of the molecule is CCn1c(COCc2ccccc2)nn(-c2c(C3(C)CC3)c3ccccc3c(=O)n2-c2c(Cl)cccc2Cl)c1=O. The van der Waals surface area contributed by atoms with Crippen molar-refractivity contribution in [2.75, 3.05) is 0 Å². The van der Waals surface area contributed by atoms with Gasteiger partial charge in [-0.05, 0) is 54.3 Å². The lowest BCUT2D eigenvalue weighted by molar-refractivity contribution is 0.0989. The van der Waals surface area contributed by atoms with Gasteiger partial charge in [0.1, 0.15) is 6.61 Å². The second-order valence-electron chi connectivity index (χ2n) is 10.3. The first-order valence-electron chi connectivity index (χ1n) is 13.3. The third-order valence-electron chi connectivity index (χ3n) is 7.63. The van der Waals surface area contributed by atoms with Gasteiger partial charge < -0.3 is 4.74 Å². The molecule has 1 aliphatic rings. The Morgan fingerprint density at radius 1 is 0.875 bits per heavy atom. The Labute approximate surface area is 241 Å². The van der Waals surface area contributed by atoms with Crippen LogP contribution in [-0.4, -0.2) is 18.9 Å². The van der Waals surface area contributed by atoms with Crippen molar-refractivity contribution in [3.63, 3.8) is 0 Å². The summed E-state index contributed by atoms with van der Waals surface area (Å²) >= 11 is 13.4. The van der Waals surface area contributed by atoms with Crippen LogP contribution in [0.15, 0.2) is 82.4 Å². The predicted molar refractivity (Wildman–Crippen MR) is 158 cm³/mol. The molecule has 1 fully saturated rings. The van der Waals surface area contributed by atoms with E-state index in [0.717, 1.165) is 29.4 Å².